The highest BCUT2D eigenvalue weighted by atomic mass is 16.5. The van der Waals surface area contributed by atoms with Crippen molar-refractivity contribution < 1.29 is 10.4 Å². The highest BCUT2D eigenvalue weighted by Gasteiger charge is 2.11. The first-order chi connectivity index (χ1) is 5.40. The molecule has 0 rings (SSSR count). The Hall–Kier alpha value is -1.10. The molecule has 0 aromatic heterocycles. The summed E-state index contributed by atoms with van der Waals surface area (Å²) in [5.41, 5.74) is 1.79. The predicted octanol–water partition coefficient (Wildman–Crippen LogP) is 1.01. The number of hydrogen-bond donors (Lipinski definition) is 3. The van der Waals surface area contributed by atoms with Crippen molar-refractivity contribution in [3.63, 3.8) is 0 Å². The highest BCUT2D eigenvalue weighted by molar-refractivity contribution is 6.40. The van der Waals surface area contributed by atoms with Crippen molar-refractivity contribution in [2.75, 3.05) is 0 Å². The van der Waals surface area contributed by atoms with Crippen LogP contribution in [0.1, 0.15) is 27.7 Å². The van der Waals surface area contributed by atoms with E-state index in [0.29, 0.717) is 0 Å². The molecule has 3 N–H and O–H groups in total. The smallest absolute Gasteiger partial charge is 0.170 e. The molecule has 0 spiro atoms. The second-order valence-corrected chi connectivity index (χ2v) is 3.43. The summed E-state index contributed by atoms with van der Waals surface area (Å²) in [6, 6.07) is 0. The molecular weight excluding hydrogens is 158 g/mol. The number of nitrogens with one attached hydrogen (secondary N) is 1. The lowest BCUT2D eigenvalue weighted by atomic mass is 10.1. The van der Waals surface area contributed by atoms with Gasteiger partial charge < -0.3 is 5.21 Å². The fourth-order valence-electron chi connectivity index (χ4n) is 0.570. The molecule has 0 bridgehead atoms. The van der Waals surface area contributed by atoms with Crippen molar-refractivity contribution in [2.45, 2.75) is 33.2 Å². The molecule has 0 atom stereocenters. The normalized spacial score (nSPS) is 14.8. The van der Waals surface area contributed by atoms with Gasteiger partial charge in [0.15, 0.2) is 5.84 Å². The third-order valence-corrected chi connectivity index (χ3v) is 1.05. The van der Waals surface area contributed by atoms with Gasteiger partial charge in [0.25, 0.3) is 0 Å². The van der Waals surface area contributed by atoms with Gasteiger partial charge in [0.2, 0.25) is 0 Å². The van der Waals surface area contributed by atoms with E-state index >= 15 is 0 Å². The highest BCUT2D eigenvalue weighted by Crippen LogP contribution is 2.06. The van der Waals surface area contributed by atoms with Crippen LogP contribution >= 0.6 is 0 Å². The van der Waals surface area contributed by atoms with Gasteiger partial charge in [0, 0.05) is 0 Å². The van der Waals surface area contributed by atoms with Crippen LogP contribution in [0.3, 0.4) is 0 Å². The number of amidine groups is 1. The van der Waals surface area contributed by atoms with E-state index in [9.17, 15) is 0 Å². The van der Waals surface area contributed by atoms with E-state index in [2.05, 4.69) is 10.1 Å². The first-order valence-electron chi connectivity index (χ1n) is 3.59. The summed E-state index contributed by atoms with van der Waals surface area (Å²) in [4.78, 5) is 4.06. The lowest BCUT2D eigenvalue weighted by Crippen LogP contribution is -2.30. The molecule has 0 aliphatic carbocycles. The first kappa shape index (κ1) is 10.9. The molecule has 0 unspecified atom stereocenters. The maximum absolute atomic E-state index is 8.62. The molecule has 5 heteroatoms. The van der Waals surface area contributed by atoms with Crippen LogP contribution in [0.25, 0.3) is 0 Å². The lowest BCUT2D eigenvalue weighted by Gasteiger charge is -2.14. The van der Waals surface area contributed by atoms with Crippen LogP contribution in [-0.2, 0) is 0 Å². The molecule has 0 amide bonds. The molecule has 70 valence electrons. The quantitative estimate of drug-likeness (QED) is 0.240. The molecule has 0 saturated heterocycles. The predicted molar refractivity (Wildman–Crippen MR) is 47.0 cm³/mol. The van der Waals surface area contributed by atoms with Crippen molar-refractivity contribution >= 4 is 11.5 Å². The molecule has 0 saturated carbocycles. The van der Waals surface area contributed by atoms with Crippen LogP contribution in [0.2, 0.25) is 0 Å². The number of aliphatic imine (C=N–C) groups is 1. The summed E-state index contributed by atoms with van der Waals surface area (Å²) >= 11 is 0. The Balaban J connectivity index is 4.67. The third kappa shape index (κ3) is 3.92. The average molecular weight is 173 g/mol. The van der Waals surface area contributed by atoms with Crippen LogP contribution < -0.4 is 5.48 Å². The van der Waals surface area contributed by atoms with E-state index in [-0.39, 0.29) is 17.1 Å². The van der Waals surface area contributed by atoms with E-state index in [1.807, 2.05) is 26.3 Å². The Morgan fingerprint density at radius 3 is 2.08 bits per heavy atom. The minimum atomic E-state index is -0.322. The Morgan fingerprint density at radius 2 is 1.83 bits per heavy atom. The fraction of sp³-hybridized carbons (Fsp3) is 0.714. The van der Waals surface area contributed by atoms with Gasteiger partial charge in [-0.3, -0.25) is 15.7 Å². The van der Waals surface area contributed by atoms with Crippen LogP contribution in [0.15, 0.2) is 10.1 Å². The number of rotatable bonds is 1. The van der Waals surface area contributed by atoms with Gasteiger partial charge in [-0.15, -0.1) is 0 Å². The summed E-state index contributed by atoms with van der Waals surface area (Å²) in [7, 11) is 0. The summed E-state index contributed by atoms with van der Waals surface area (Å²) in [5.74, 6) is 0.171. The number of nitrogens with zero attached hydrogens (tertiary/aromatic N) is 2. The Kier molecular flexibility index (Phi) is 3.69. The van der Waals surface area contributed by atoms with Gasteiger partial charge >= 0.3 is 0 Å². The Bertz CT molecular complexity index is 203. The van der Waals surface area contributed by atoms with E-state index in [4.69, 9.17) is 10.4 Å². The van der Waals surface area contributed by atoms with Crippen molar-refractivity contribution in [3.8, 4) is 0 Å². The summed E-state index contributed by atoms with van der Waals surface area (Å²) in [5, 5.41) is 19.9. The monoisotopic (exact) mass is 173 g/mol. The van der Waals surface area contributed by atoms with Gasteiger partial charge in [-0.05, 0) is 27.7 Å². The molecule has 5 nitrogen and oxygen atoms in total. The zero-order valence-corrected chi connectivity index (χ0v) is 7.79. The zero-order valence-electron chi connectivity index (χ0n) is 7.79. The van der Waals surface area contributed by atoms with E-state index in [1.54, 1.807) is 0 Å². The molecule has 0 aliphatic rings. The van der Waals surface area contributed by atoms with Crippen LogP contribution in [-0.4, -0.2) is 27.5 Å². The molecule has 0 aromatic carbocycles. The van der Waals surface area contributed by atoms with E-state index < -0.39 is 0 Å². The minimum absolute atomic E-state index is 0.171. The minimum Gasteiger partial charge on any atom is -0.411 e. The van der Waals surface area contributed by atoms with E-state index in [0.717, 1.165) is 0 Å². The second-order valence-electron chi connectivity index (χ2n) is 3.43. The molecular formula is C7H15N3O2. The first-order valence-corrected chi connectivity index (χ1v) is 3.59. The second kappa shape index (κ2) is 4.06. The maximum atomic E-state index is 8.62. The lowest BCUT2D eigenvalue weighted by molar-refractivity contribution is 0.234. The number of oxime groups is 1. The van der Waals surface area contributed by atoms with Crippen LogP contribution in [0, 0.1) is 0 Å². The van der Waals surface area contributed by atoms with E-state index in [1.165, 1.54) is 6.92 Å². The van der Waals surface area contributed by atoms with Crippen LogP contribution in [0.5, 0.6) is 0 Å². The van der Waals surface area contributed by atoms with Crippen LogP contribution in [0.4, 0.5) is 0 Å². The summed E-state index contributed by atoms with van der Waals surface area (Å²) in [6.07, 6.45) is 0. The van der Waals surface area contributed by atoms with Gasteiger partial charge in [-0.1, -0.05) is 5.16 Å². The summed E-state index contributed by atoms with van der Waals surface area (Å²) in [6.45, 7) is 7.15. The average Bonchev–Trinajstić information content (AvgIpc) is 1.97. The maximum Gasteiger partial charge on any atom is 0.170 e. The molecule has 12 heavy (non-hydrogen) atoms. The molecule has 0 fully saturated rings. The topological polar surface area (TPSA) is 77.2 Å². The molecule has 0 aliphatic heterocycles. The SMILES string of the molecule is C/C(=N\O)C(=NC(C)(C)C)NO. The number of hydrogen-bond acceptors (Lipinski definition) is 4. The van der Waals surface area contributed by atoms with Gasteiger partial charge in [-0.25, -0.2) is 0 Å². The van der Waals surface area contributed by atoms with Crippen molar-refractivity contribution in [3.05, 3.63) is 0 Å². The van der Waals surface area contributed by atoms with Gasteiger partial charge in [0.05, 0.1) is 5.54 Å². The Labute approximate surface area is 71.8 Å². The fourth-order valence-corrected chi connectivity index (χ4v) is 0.570. The van der Waals surface area contributed by atoms with Crippen molar-refractivity contribution in [2.24, 2.45) is 10.1 Å². The molecule has 0 radical (unpaired) electrons. The largest absolute Gasteiger partial charge is 0.411 e. The third-order valence-electron chi connectivity index (χ3n) is 1.05. The standard InChI is InChI=1S/C7H15N3O2/c1-5(9-11)6(10-12)8-7(2,3)4/h11-12H,1-4H3,(H,8,10)/b9-5+. The zero-order chi connectivity index (χ0) is 9.78. The number of hydroxylamine groups is 1. The van der Waals surface area contributed by atoms with Crippen molar-refractivity contribution in [1.29, 1.82) is 0 Å². The molecule has 0 heterocycles. The van der Waals surface area contributed by atoms with Gasteiger partial charge in [0.1, 0.15) is 5.71 Å². The molecule has 0 aromatic rings. The van der Waals surface area contributed by atoms with Crippen molar-refractivity contribution in [1.82, 2.24) is 5.48 Å². The summed E-state index contributed by atoms with van der Waals surface area (Å²) < 4.78 is 0. The van der Waals surface area contributed by atoms with Gasteiger partial charge in [-0.2, -0.15) is 0 Å². The Morgan fingerprint density at radius 1 is 1.33 bits per heavy atom.